The number of carbonyl (C=O) groups excluding carboxylic acids is 1. The molecule has 1 aliphatic heterocycles. The number of likely N-dealkylation sites (N-methyl/N-ethyl adjacent to an activating group) is 1. The van der Waals surface area contributed by atoms with Crippen LogP contribution in [0.25, 0.3) is 0 Å². The van der Waals surface area contributed by atoms with Crippen LogP contribution in [0.4, 0.5) is 10.7 Å². The molecule has 6 heteroatoms. The molecule has 1 aromatic rings. The molecule has 1 aromatic heterocycles. The van der Waals surface area contributed by atoms with Gasteiger partial charge in [-0.05, 0) is 39.9 Å². The molecule has 0 aliphatic carbocycles. The van der Waals surface area contributed by atoms with Crippen molar-refractivity contribution in [3.05, 3.63) is 10.9 Å². The monoisotopic (exact) mass is 296 g/mol. The highest BCUT2D eigenvalue weighted by Crippen LogP contribution is 2.34. The third-order valence-electron chi connectivity index (χ3n) is 3.62. The van der Waals surface area contributed by atoms with Crippen LogP contribution in [0.15, 0.2) is 6.07 Å². The van der Waals surface area contributed by atoms with Gasteiger partial charge in [-0.15, -0.1) is 11.3 Å². The molecule has 1 saturated heterocycles. The molecule has 20 heavy (non-hydrogen) atoms. The fraction of sp³-hybridized carbons (Fsp3) is 0.643. The summed E-state index contributed by atoms with van der Waals surface area (Å²) in [6, 6.07) is 2.37. The number of nitrogens with one attached hydrogen (secondary N) is 1. The van der Waals surface area contributed by atoms with E-state index < -0.39 is 0 Å². The second kappa shape index (κ2) is 6.45. The van der Waals surface area contributed by atoms with E-state index in [0.29, 0.717) is 23.2 Å². The lowest BCUT2D eigenvalue weighted by molar-refractivity contribution is 0.0960. The number of hydrogen-bond donors (Lipinski definition) is 2. The standard InChI is InChI=1S/C14H24N4OS/c1-4-16-14(19)13-11(15)8-12(20-13)18-7-5-6-17(3)9-10(18)2/h8,10H,4-7,9,15H2,1-3H3,(H,16,19). The maximum atomic E-state index is 12.0. The topological polar surface area (TPSA) is 61.6 Å². The van der Waals surface area contributed by atoms with Crippen molar-refractivity contribution >= 4 is 27.9 Å². The number of amides is 1. The fourth-order valence-corrected chi connectivity index (χ4v) is 3.78. The summed E-state index contributed by atoms with van der Waals surface area (Å²) in [5.41, 5.74) is 6.59. The highest BCUT2D eigenvalue weighted by Gasteiger charge is 2.23. The van der Waals surface area contributed by atoms with Crippen LogP contribution in [0.5, 0.6) is 0 Å². The summed E-state index contributed by atoms with van der Waals surface area (Å²) in [6.07, 6.45) is 1.13. The largest absolute Gasteiger partial charge is 0.397 e. The lowest BCUT2D eigenvalue weighted by atomic mass is 10.2. The number of carbonyl (C=O) groups is 1. The first-order valence-corrected chi connectivity index (χ1v) is 7.97. The molecule has 1 fully saturated rings. The van der Waals surface area contributed by atoms with Crippen molar-refractivity contribution in [3.8, 4) is 0 Å². The molecule has 5 nitrogen and oxygen atoms in total. The highest BCUT2D eigenvalue weighted by atomic mass is 32.1. The van der Waals surface area contributed by atoms with Gasteiger partial charge in [-0.1, -0.05) is 0 Å². The first-order chi connectivity index (χ1) is 9.52. The van der Waals surface area contributed by atoms with Gasteiger partial charge in [-0.25, -0.2) is 0 Å². The van der Waals surface area contributed by atoms with Crippen LogP contribution in [0.2, 0.25) is 0 Å². The predicted octanol–water partition coefficient (Wildman–Crippen LogP) is 1.61. The van der Waals surface area contributed by atoms with Crippen molar-refractivity contribution in [1.29, 1.82) is 0 Å². The molecule has 112 valence electrons. The van der Waals surface area contributed by atoms with Crippen LogP contribution in [0.1, 0.15) is 29.9 Å². The van der Waals surface area contributed by atoms with Crippen LogP contribution < -0.4 is 16.0 Å². The summed E-state index contributed by atoms with van der Waals surface area (Å²) in [7, 11) is 2.16. The van der Waals surface area contributed by atoms with Crippen LogP contribution in [-0.2, 0) is 0 Å². The van der Waals surface area contributed by atoms with Crippen molar-refractivity contribution in [3.63, 3.8) is 0 Å². The van der Waals surface area contributed by atoms with Crippen LogP contribution >= 0.6 is 11.3 Å². The predicted molar refractivity (Wildman–Crippen MR) is 85.7 cm³/mol. The Morgan fingerprint density at radius 2 is 2.30 bits per heavy atom. The summed E-state index contributed by atoms with van der Waals surface area (Å²) in [5, 5.41) is 3.92. The number of anilines is 2. The third-order valence-corrected chi connectivity index (χ3v) is 4.81. The van der Waals surface area contributed by atoms with E-state index in [1.807, 2.05) is 13.0 Å². The Bertz CT molecular complexity index is 474. The van der Waals surface area contributed by atoms with E-state index in [4.69, 9.17) is 5.73 Å². The first-order valence-electron chi connectivity index (χ1n) is 7.15. The van der Waals surface area contributed by atoms with Crippen molar-refractivity contribution < 1.29 is 4.79 Å². The Morgan fingerprint density at radius 1 is 1.55 bits per heavy atom. The van der Waals surface area contributed by atoms with Gasteiger partial charge in [0.25, 0.3) is 5.91 Å². The summed E-state index contributed by atoms with van der Waals surface area (Å²) in [5.74, 6) is -0.0687. The zero-order chi connectivity index (χ0) is 14.7. The zero-order valence-corrected chi connectivity index (χ0v) is 13.3. The Balaban J connectivity index is 2.20. The van der Waals surface area contributed by atoms with Gasteiger partial charge < -0.3 is 20.9 Å². The van der Waals surface area contributed by atoms with E-state index in [1.54, 1.807) is 0 Å². The average Bonchev–Trinajstić information content (AvgIpc) is 2.67. The van der Waals surface area contributed by atoms with E-state index in [2.05, 4.69) is 29.1 Å². The lowest BCUT2D eigenvalue weighted by Gasteiger charge is -2.28. The summed E-state index contributed by atoms with van der Waals surface area (Å²) in [4.78, 5) is 17.3. The number of nitrogen functional groups attached to an aromatic ring is 1. The van der Waals surface area contributed by atoms with Crippen molar-refractivity contribution in [2.45, 2.75) is 26.3 Å². The molecule has 1 aliphatic rings. The fourth-order valence-electron chi connectivity index (χ4n) is 2.65. The lowest BCUT2D eigenvalue weighted by Crippen LogP contribution is -2.37. The van der Waals surface area contributed by atoms with E-state index in [0.717, 1.165) is 31.1 Å². The molecule has 2 heterocycles. The third kappa shape index (κ3) is 3.24. The number of nitrogens with two attached hydrogens (primary N) is 1. The Labute approximate surface area is 124 Å². The molecule has 2 rings (SSSR count). The number of rotatable bonds is 3. The van der Waals surface area contributed by atoms with Gasteiger partial charge in [0.1, 0.15) is 4.88 Å². The van der Waals surface area contributed by atoms with Crippen molar-refractivity contribution in [2.24, 2.45) is 0 Å². The smallest absolute Gasteiger partial charge is 0.263 e. The van der Waals surface area contributed by atoms with E-state index in [1.165, 1.54) is 11.3 Å². The maximum Gasteiger partial charge on any atom is 0.263 e. The molecular weight excluding hydrogens is 272 g/mol. The SMILES string of the molecule is CCNC(=O)c1sc(N2CCCN(C)CC2C)cc1N. The van der Waals surface area contributed by atoms with Crippen LogP contribution in [0, 0.1) is 0 Å². The maximum absolute atomic E-state index is 12.0. The Kier molecular flexibility index (Phi) is 4.88. The molecular formula is C14H24N4OS. The molecule has 0 bridgehead atoms. The Hall–Kier alpha value is -1.27. The molecule has 1 unspecified atom stereocenters. The number of hydrogen-bond acceptors (Lipinski definition) is 5. The van der Waals surface area contributed by atoms with Gasteiger partial charge in [0.2, 0.25) is 0 Å². The molecule has 0 spiro atoms. The van der Waals surface area contributed by atoms with Gasteiger partial charge in [-0.2, -0.15) is 0 Å². The van der Waals surface area contributed by atoms with E-state index >= 15 is 0 Å². The first kappa shape index (κ1) is 15.1. The van der Waals surface area contributed by atoms with E-state index in [9.17, 15) is 4.79 Å². The van der Waals surface area contributed by atoms with Gasteiger partial charge >= 0.3 is 0 Å². The number of nitrogens with zero attached hydrogens (tertiary/aromatic N) is 2. The normalized spacial score (nSPS) is 20.8. The number of thiophene rings is 1. The molecule has 3 N–H and O–H groups in total. The zero-order valence-electron chi connectivity index (χ0n) is 12.5. The minimum absolute atomic E-state index is 0.0687. The van der Waals surface area contributed by atoms with Crippen molar-refractivity contribution in [1.82, 2.24) is 10.2 Å². The van der Waals surface area contributed by atoms with Gasteiger partial charge in [0.05, 0.1) is 10.7 Å². The second-order valence-electron chi connectivity index (χ2n) is 5.39. The molecule has 1 amide bonds. The molecule has 0 radical (unpaired) electrons. The summed E-state index contributed by atoms with van der Waals surface area (Å²) < 4.78 is 0. The molecule has 0 saturated carbocycles. The minimum Gasteiger partial charge on any atom is -0.397 e. The van der Waals surface area contributed by atoms with Gasteiger partial charge in [0.15, 0.2) is 0 Å². The summed E-state index contributed by atoms with van der Waals surface area (Å²) >= 11 is 1.50. The van der Waals surface area contributed by atoms with Gasteiger partial charge in [-0.3, -0.25) is 4.79 Å². The summed E-state index contributed by atoms with van der Waals surface area (Å²) in [6.45, 7) is 7.93. The van der Waals surface area contributed by atoms with Crippen molar-refractivity contribution in [2.75, 3.05) is 43.9 Å². The highest BCUT2D eigenvalue weighted by molar-refractivity contribution is 7.18. The second-order valence-corrected chi connectivity index (χ2v) is 6.42. The minimum atomic E-state index is -0.0687. The average molecular weight is 296 g/mol. The quantitative estimate of drug-likeness (QED) is 0.889. The Morgan fingerprint density at radius 3 is 3.00 bits per heavy atom. The van der Waals surface area contributed by atoms with Gasteiger partial charge in [0, 0.05) is 25.7 Å². The molecule has 1 atom stereocenters. The van der Waals surface area contributed by atoms with E-state index in [-0.39, 0.29) is 5.91 Å². The van der Waals surface area contributed by atoms with Crippen LogP contribution in [0.3, 0.4) is 0 Å². The molecule has 0 aromatic carbocycles. The van der Waals surface area contributed by atoms with Crippen LogP contribution in [-0.4, -0.2) is 50.1 Å².